The summed E-state index contributed by atoms with van der Waals surface area (Å²) >= 11 is 12.2. The Bertz CT molecular complexity index is 1160. The van der Waals surface area contributed by atoms with Crippen LogP contribution >= 0.6 is 23.2 Å². The highest BCUT2D eigenvalue weighted by atomic mass is 35.5. The van der Waals surface area contributed by atoms with E-state index in [0.29, 0.717) is 26.6 Å². The van der Waals surface area contributed by atoms with Gasteiger partial charge in [-0.25, -0.2) is 4.68 Å². The van der Waals surface area contributed by atoms with E-state index in [-0.39, 0.29) is 18.8 Å². The fourth-order valence-corrected chi connectivity index (χ4v) is 3.20. The Morgan fingerprint density at radius 1 is 1.03 bits per heavy atom. The van der Waals surface area contributed by atoms with Gasteiger partial charge in [0, 0.05) is 34.8 Å². The molecule has 3 N–H and O–H groups in total. The third-order valence-corrected chi connectivity index (χ3v) is 5.08. The van der Waals surface area contributed by atoms with Gasteiger partial charge < -0.3 is 15.4 Å². The summed E-state index contributed by atoms with van der Waals surface area (Å²) in [4.78, 5) is 37.4. The smallest absolute Gasteiger partial charge is 0.328 e. The monoisotopic (exact) mass is 462 g/mol. The molecule has 2 aromatic carbocycles. The molecular weight excluding hydrogens is 443 g/mol. The number of amides is 3. The highest BCUT2D eigenvalue weighted by Crippen LogP contribution is 2.25. The second-order valence-corrected chi connectivity index (χ2v) is 7.52. The molecule has 31 heavy (non-hydrogen) atoms. The number of fused-ring (bicyclic) bond motifs is 1. The number of methoxy groups -OCH3 is 1. The normalized spacial score (nSPS) is 10.7. The van der Waals surface area contributed by atoms with Crippen molar-refractivity contribution < 1.29 is 19.1 Å². The molecular formula is C21H20Cl2N4O4. The molecule has 0 radical (unpaired) electrons. The second kappa shape index (κ2) is 9.82. The molecule has 0 aliphatic carbocycles. The van der Waals surface area contributed by atoms with Gasteiger partial charge in [-0.3, -0.25) is 19.8 Å². The molecule has 1 heterocycles. The lowest BCUT2D eigenvalue weighted by Crippen LogP contribution is -2.40. The molecule has 0 unspecified atom stereocenters. The largest absolute Gasteiger partial charge is 0.383 e. The minimum atomic E-state index is -0.934. The fourth-order valence-electron chi connectivity index (χ4n) is 2.84. The number of benzene rings is 2. The Labute approximate surface area is 188 Å². The van der Waals surface area contributed by atoms with Gasteiger partial charge in [0.2, 0.25) is 0 Å². The van der Waals surface area contributed by atoms with Gasteiger partial charge in [0.25, 0.3) is 5.91 Å². The molecule has 0 saturated carbocycles. The molecule has 0 fully saturated rings. The van der Waals surface area contributed by atoms with E-state index in [2.05, 4.69) is 16.1 Å². The number of aryl methyl sites for hydroxylation is 1. The summed E-state index contributed by atoms with van der Waals surface area (Å²) in [5.41, 5.74) is 4.42. The van der Waals surface area contributed by atoms with E-state index in [9.17, 15) is 14.4 Å². The summed E-state index contributed by atoms with van der Waals surface area (Å²) in [6.45, 7) is 2.28. The number of hydrogen-bond acceptors (Lipinski definition) is 4. The Kier molecular flexibility index (Phi) is 7.17. The van der Waals surface area contributed by atoms with Crippen molar-refractivity contribution in [2.75, 3.05) is 31.0 Å². The first-order valence-corrected chi connectivity index (χ1v) is 10.0. The molecule has 8 nitrogen and oxygen atoms in total. The molecule has 10 heteroatoms. The highest BCUT2D eigenvalue weighted by Gasteiger charge is 2.21. The minimum absolute atomic E-state index is 0.104. The van der Waals surface area contributed by atoms with Crippen LogP contribution in [0.25, 0.3) is 10.9 Å². The quantitative estimate of drug-likeness (QED) is 0.386. The molecule has 0 bridgehead atoms. The van der Waals surface area contributed by atoms with Crippen molar-refractivity contribution in [1.29, 1.82) is 0 Å². The number of anilines is 1. The average molecular weight is 463 g/mol. The van der Waals surface area contributed by atoms with Gasteiger partial charge in [0.05, 0.1) is 12.1 Å². The van der Waals surface area contributed by atoms with E-state index in [4.69, 9.17) is 27.9 Å². The molecule has 0 spiro atoms. The van der Waals surface area contributed by atoms with Crippen molar-refractivity contribution in [3.63, 3.8) is 0 Å². The van der Waals surface area contributed by atoms with Gasteiger partial charge in [0.1, 0.15) is 5.69 Å². The first-order chi connectivity index (χ1) is 14.8. The number of hydrogen-bond donors (Lipinski definition) is 3. The van der Waals surface area contributed by atoms with Crippen LogP contribution in [0.5, 0.6) is 0 Å². The number of halogens is 2. The van der Waals surface area contributed by atoms with E-state index in [1.807, 2.05) is 6.92 Å². The fraction of sp³-hybridized carbons (Fsp3) is 0.190. The number of rotatable bonds is 6. The Balaban J connectivity index is 1.91. The molecule has 162 valence electrons. The van der Waals surface area contributed by atoms with Gasteiger partial charge in [-0.05, 0) is 48.9 Å². The Morgan fingerprint density at radius 2 is 1.81 bits per heavy atom. The Morgan fingerprint density at radius 3 is 2.52 bits per heavy atom. The van der Waals surface area contributed by atoms with Gasteiger partial charge in [-0.1, -0.05) is 29.3 Å². The first kappa shape index (κ1) is 22.6. The number of carbonyl (C=O) groups is 3. The van der Waals surface area contributed by atoms with Crippen LogP contribution in [0.2, 0.25) is 10.0 Å². The van der Waals surface area contributed by atoms with Crippen molar-refractivity contribution in [2.24, 2.45) is 0 Å². The molecule has 3 aromatic rings. The maximum atomic E-state index is 13.0. The van der Waals surface area contributed by atoms with Crippen LogP contribution in [0.3, 0.4) is 0 Å². The summed E-state index contributed by atoms with van der Waals surface area (Å²) in [7, 11) is 1.48. The number of carbonyl (C=O) groups excluding carboxylic acids is 3. The zero-order chi connectivity index (χ0) is 22.5. The maximum Gasteiger partial charge on any atom is 0.328 e. The molecule has 3 amide bonds. The predicted octanol–water partition coefficient (Wildman–Crippen LogP) is 3.34. The number of nitrogens with zero attached hydrogens (tertiary/aromatic N) is 1. The lowest BCUT2D eigenvalue weighted by atomic mass is 10.2. The molecule has 3 rings (SSSR count). The number of aromatic nitrogens is 1. The van der Waals surface area contributed by atoms with Crippen molar-refractivity contribution >= 4 is 57.5 Å². The molecule has 0 atom stereocenters. The van der Waals surface area contributed by atoms with Crippen LogP contribution in [-0.4, -0.2) is 42.7 Å². The van der Waals surface area contributed by atoms with E-state index >= 15 is 0 Å². The summed E-state index contributed by atoms with van der Waals surface area (Å²) in [5.74, 6) is -2.30. The van der Waals surface area contributed by atoms with E-state index < -0.39 is 17.7 Å². The zero-order valence-corrected chi connectivity index (χ0v) is 18.3. The molecule has 0 aliphatic heterocycles. The molecule has 1 aromatic heterocycles. The lowest BCUT2D eigenvalue weighted by molar-refractivity contribution is -0.136. The predicted molar refractivity (Wildman–Crippen MR) is 120 cm³/mol. The van der Waals surface area contributed by atoms with Crippen molar-refractivity contribution in [3.8, 4) is 0 Å². The first-order valence-electron chi connectivity index (χ1n) is 9.27. The van der Waals surface area contributed by atoms with Crippen LogP contribution < -0.4 is 16.1 Å². The van der Waals surface area contributed by atoms with E-state index in [1.54, 1.807) is 42.5 Å². The highest BCUT2D eigenvalue weighted by molar-refractivity contribution is 6.38. The molecule has 0 saturated heterocycles. The second-order valence-electron chi connectivity index (χ2n) is 6.68. The third-order valence-electron chi connectivity index (χ3n) is 4.44. The van der Waals surface area contributed by atoms with Crippen molar-refractivity contribution in [1.82, 2.24) is 9.99 Å². The summed E-state index contributed by atoms with van der Waals surface area (Å²) in [6, 6.07) is 11.6. The van der Waals surface area contributed by atoms with Gasteiger partial charge >= 0.3 is 11.8 Å². The van der Waals surface area contributed by atoms with Crippen molar-refractivity contribution in [2.45, 2.75) is 6.92 Å². The summed E-state index contributed by atoms with van der Waals surface area (Å²) in [5, 5.41) is 6.75. The summed E-state index contributed by atoms with van der Waals surface area (Å²) < 4.78 is 6.09. The van der Waals surface area contributed by atoms with Crippen LogP contribution in [0.1, 0.15) is 16.1 Å². The van der Waals surface area contributed by atoms with Crippen LogP contribution in [0.4, 0.5) is 5.69 Å². The average Bonchev–Trinajstić information content (AvgIpc) is 3.08. The molecule has 0 aliphatic rings. The van der Waals surface area contributed by atoms with E-state index in [0.717, 1.165) is 5.56 Å². The number of ether oxygens (including phenoxy) is 1. The lowest BCUT2D eigenvalue weighted by Gasteiger charge is -2.13. The van der Waals surface area contributed by atoms with Crippen LogP contribution in [0.15, 0.2) is 42.5 Å². The van der Waals surface area contributed by atoms with Crippen molar-refractivity contribution in [3.05, 3.63) is 63.8 Å². The van der Waals surface area contributed by atoms with Gasteiger partial charge in [-0.2, -0.15) is 0 Å². The number of nitrogens with one attached hydrogen (secondary N) is 3. The zero-order valence-electron chi connectivity index (χ0n) is 16.8. The Hall–Kier alpha value is -3.07. The van der Waals surface area contributed by atoms with E-state index in [1.165, 1.54) is 11.8 Å². The topological polar surface area (TPSA) is 101 Å². The standard InChI is InChI=1S/C21H20Cl2N4O4/c1-12-3-5-15(11-16(12)23)25-19(28)18-10-13-9-14(22)4-6-17(13)27(18)26-21(30)20(29)24-7-8-31-2/h3-6,9-11H,7-8H2,1-2H3,(H,24,29)(H,25,28)(H,26,30). The van der Waals surface area contributed by atoms with Gasteiger partial charge in [0.15, 0.2) is 0 Å². The third kappa shape index (κ3) is 5.35. The maximum absolute atomic E-state index is 13.0. The van der Waals surface area contributed by atoms with Crippen LogP contribution in [0, 0.1) is 6.92 Å². The van der Waals surface area contributed by atoms with Gasteiger partial charge in [-0.15, -0.1) is 0 Å². The minimum Gasteiger partial charge on any atom is -0.383 e. The van der Waals surface area contributed by atoms with Crippen LogP contribution in [-0.2, 0) is 14.3 Å². The SMILES string of the molecule is COCCNC(=O)C(=O)Nn1c(C(=O)Nc2ccc(C)c(Cl)c2)cc2cc(Cl)ccc21. The summed E-state index contributed by atoms with van der Waals surface area (Å²) in [6.07, 6.45) is 0.